The van der Waals surface area contributed by atoms with Crippen molar-refractivity contribution in [3.8, 4) is 0 Å². The molecule has 2 nitrogen and oxygen atoms in total. The normalized spacial score (nSPS) is 14.9. The maximum absolute atomic E-state index is 14.0. The summed E-state index contributed by atoms with van der Waals surface area (Å²) in [6.45, 7) is 13.6. The van der Waals surface area contributed by atoms with Crippen LogP contribution in [0.4, 0.5) is 0 Å². The predicted octanol–water partition coefficient (Wildman–Crippen LogP) is -0.319. The summed E-state index contributed by atoms with van der Waals surface area (Å²) in [7, 11) is 0. The third-order valence-corrected chi connectivity index (χ3v) is 21.0. The SMILES string of the molecule is CC1=C(C)C(C)[C]([Ti+2]([NH]C(=O)c2c(C)cc(C)cc2C)[SiH](c2ccccc2)c2ccccc2)=C1C.[Cl-].[Cl-]. The van der Waals surface area contributed by atoms with Crippen molar-refractivity contribution in [3.05, 3.63) is 116 Å². The number of amides is 1. The number of nitrogens with one attached hydrogen (secondary N) is 1. The molecule has 3 aromatic carbocycles. The summed E-state index contributed by atoms with van der Waals surface area (Å²) in [5.41, 5.74) is 8.44. The summed E-state index contributed by atoms with van der Waals surface area (Å²) in [5, 5.41) is 2.84. The molecule has 4 rings (SSSR count). The fourth-order valence-corrected chi connectivity index (χ4v) is 20.7. The van der Waals surface area contributed by atoms with Crippen LogP contribution in [0, 0.1) is 26.7 Å². The smallest absolute Gasteiger partial charge is 1.00 e. The van der Waals surface area contributed by atoms with Crippen molar-refractivity contribution in [2.75, 3.05) is 0 Å². The van der Waals surface area contributed by atoms with Crippen LogP contribution in [0.5, 0.6) is 0 Å². The number of rotatable bonds is 6. The molecule has 3 aromatic rings. The molecule has 193 valence electrons. The minimum Gasteiger partial charge on any atom is -1.00 e. The molecular formula is C31H36Cl2NOSiTi. The molecule has 1 unspecified atom stereocenters. The first-order valence-electron chi connectivity index (χ1n) is 12.5. The summed E-state index contributed by atoms with van der Waals surface area (Å²) in [4.78, 5) is 14.0. The van der Waals surface area contributed by atoms with Crippen LogP contribution in [0.3, 0.4) is 0 Å². The van der Waals surface area contributed by atoms with Gasteiger partial charge in [-0.15, -0.1) is 0 Å². The molecule has 1 N–H and O–H groups in total. The van der Waals surface area contributed by atoms with Gasteiger partial charge in [0.1, 0.15) is 0 Å². The van der Waals surface area contributed by atoms with Gasteiger partial charge >= 0.3 is 219 Å². The van der Waals surface area contributed by atoms with Crippen molar-refractivity contribution < 1.29 is 47.0 Å². The van der Waals surface area contributed by atoms with Gasteiger partial charge in [-0.25, -0.2) is 0 Å². The van der Waals surface area contributed by atoms with Crippen molar-refractivity contribution in [2.24, 2.45) is 5.92 Å². The van der Waals surface area contributed by atoms with Gasteiger partial charge in [0.25, 0.3) is 0 Å². The van der Waals surface area contributed by atoms with Crippen molar-refractivity contribution in [1.82, 2.24) is 3.80 Å². The zero-order valence-electron chi connectivity index (χ0n) is 22.7. The first-order chi connectivity index (χ1) is 16.7. The molecule has 0 spiro atoms. The average Bonchev–Trinajstić information content (AvgIpc) is 3.02. The third kappa shape index (κ3) is 6.41. The Morgan fingerprint density at radius 1 is 0.757 bits per heavy atom. The van der Waals surface area contributed by atoms with E-state index in [4.69, 9.17) is 0 Å². The molecule has 1 aliphatic carbocycles. The van der Waals surface area contributed by atoms with Crippen LogP contribution < -0.4 is 39.0 Å². The molecule has 0 fully saturated rings. The molecule has 1 atom stereocenters. The van der Waals surface area contributed by atoms with Gasteiger partial charge in [-0.1, -0.05) is 0 Å². The molecule has 0 saturated heterocycles. The van der Waals surface area contributed by atoms with E-state index in [-0.39, 0.29) is 30.7 Å². The van der Waals surface area contributed by atoms with E-state index in [1.165, 1.54) is 32.7 Å². The van der Waals surface area contributed by atoms with Crippen LogP contribution in [0.25, 0.3) is 0 Å². The van der Waals surface area contributed by atoms with Crippen LogP contribution in [-0.2, 0) is 17.4 Å². The van der Waals surface area contributed by atoms with Gasteiger partial charge < -0.3 is 24.8 Å². The van der Waals surface area contributed by atoms with E-state index in [1.54, 1.807) is 3.88 Å². The van der Waals surface area contributed by atoms with Gasteiger partial charge in [0, 0.05) is 0 Å². The monoisotopic (exact) mass is 584 g/mol. The van der Waals surface area contributed by atoms with Crippen LogP contribution in [-0.4, -0.2) is 12.6 Å². The molecule has 1 amide bonds. The topological polar surface area (TPSA) is 29.1 Å². The number of hydrogen-bond acceptors (Lipinski definition) is 1. The van der Waals surface area contributed by atoms with E-state index >= 15 is 0 Å². The molecule has 0 bridgehead atoms. The predicted molar refractivity (Wildman–Crippen MR) is 148 cm³/mol. The van der Waals surface area contributed by atoms with E-state index in [2.05, 4.69) is 125 Å². The molecule has 0 saturated carbocycles. The second-order valence-electron chi connectivity index (χ2n) is 9.96. The summed E-state index contributed by atoms with van der Waals surface area (Å²) < 4.78 is 5.32. The van der Waals surface area contributed by atoms with Gasteiger partial charge in [0.2, 0.25) is 0 Å². The Labute approximate surface area is 242 Å². The van der Waals surface area contributed by atoms with E-state index in [9.17, 15) is 4.79 Å². The van der Waals surface area contributed by atoms with Crippen LogP contribution in [0.1, 0.15) is 54.7 Å². The summed E-state index contributed by atoms with van der Waals surface area (Å²) in [6.07, 6.45) is 0. The van der Waals surface area contributed by atoms with Crippen LogP contribution in [0.2, 0.25) is 0 Å². The Bertz CT molecular complexity index is 1260. The average molecular weight is 585 g/mol. The molecule has 0 aliphatic heterocycles. The number of allylic oxidation sites excluding steroid dienone is 4. The zero-order valence-corrected chi connectivity index (χ0v) is 27.0. The van der Waals surface area contributed by atoms with E-state index in [0.717, 1.165) is 16.7 Å². The largest absolute Gasteiger partial charge is 1.00 e. The van der Waals surface area contributed by atoms with E-state index < -0.39 is 24.0 Å². The fraction of sp³-hybridized carbons (Fsp3) is 0.258. The summed E-state index contributed by atoms with van der Waals surface area (Å²) in [5.74, 6) is 0.488. The molecule has 0 radical (unpaired) electrons. The van der Waals surface area contributed by atoms with Gasteiger partial charge in [-0.3, -0.25) is 0 Å². The summed E-state index contributed by atoms with van der Waals surface area (Å²) >= 11 is -2.33. The van der Waals surface area contributed by atoms with Crippen molar-refractivity contribution in [1.29, 1.82) is 0 Å². The van der Waals surface area contributed by atoms with E-state index in [0.29, 0.717) is 5.92 Å². The Morgan fingerprint density at radius 3 is 1.62 bits per heavy atom. The quantitative estimate of drug-likeness (QED) is 0.396. The maximum Gasteiger partial charge on any atom is -1.00 e. The van der Waals surface area contributed by atoms with Crippen molar-refractivity contribution >= 4 is 22.9 Å². The Kier molecular flexibility index (Phi) is 11.2. The molecular weight excluding hydrogens is 549 g/mol. The van der Waals surface area contributed by atoms with Crippen LogP contribution in [0.15, 0.2) is 93.4 Å². The number of aryl methyl sites for hydroxylation is 3. The maximum atomic E-state index is 14.0. The zero-order chi connectivity index (χ0) is 25.3. The fourth-order valence-electron chi connectivity index (χ4n) is 5.63. The second-order valence-corrected chi connectivity index (χ2v) is 19.8. The van der Waals surface area contributed by atoms with Crippen LogP contribution >= 0.6 is 0 Å². The van der Waals surface area contributed by atoms with E-state index in [1.807, 2.05) is 0 Å². The number of benzene rings is 3. The standard InChI is InChI=1S/C12H11Si.C10H13NO.C9H13.2ClH.Ti/c1-3-7-11(8-4-1)13-12-9-5-2-6-10-12;1-6-4-7(2)9(10(11)12)8(3)5-6;1-6-5-7(2)9(4)8(6)3;;;/h1-10,13H;4-5H,1-3H3,(H2,11,12);6H,1-4H3;2*1H;/q;;;;;+3/p-3. The molecule has 1 aliphatic rings. The van der Waals surface area contributed by atoms with Crippen molar-refractivity contribution in [2.45, 2.75) is 48.5 Å². The minimum atomic E-state index is -2.33. The van der Waals surface area contributed by atoms with Gasteiger partial charge in [-0.05, 0) is 0 Å². The van der Waals surface area contributed by atoms with Crippen molar-refractivity contribution in [3.63, 3.8) is 0 Å². The second kappa shape index (κ2) is 13.3. The summed E-state index contributed by atoms with van der Waals surface area (Å²) in [6, 6.07) is 26.2. The molecule has 6 heteroatoms. The molecule has 0 aromatic heterocycles. The molecule has 0 heterocycles. The Morgan fingerprint density at radius 2 is 1.22 bits per heavy atom. The molecule has 37 heavy (non-hydrogen) atoms. The van der Waals surface area contributed by atoms with Gasteiger partial charge in [0.05, 0.1) is 0 Å². The Balaban J connectivity index is 0.00000241. The third-order valence-electron chi connectivity index (χ3n) is 7.64. The minimum absolute atomic E-state index is 0. The number of hydrogen-bond donors (Lipinski definition) is 1. The Hall–Kier alpha value is -1.88. The van der Waals surface area contributed by atoms with Gasteiger partial charge in [-0.2, -0.15) is 0 Å². The first kappa shape index (κ1) is 31.3. The number of carbonyl (C=O) groups is 1. The first-order valence-corrected chi connectivity index (χ1v) is 18.4. The number of carbonyl (C=O) groups excluding carboxylic acids is 1. The number of halogens is 2. The van der Waals surface area contributed by atoms with Gasteiger partial charge in [0.15, 0.2) is 0 Å².